The van der Waals surface area contributed by atoms with E-state index in [1.807, 2.05) is 24.3 Å². The maximum absolute atomic E-state index is 13.3. The molecule has 1 aromatic heterocycles. The summed E-state index contributed by atoms with van der Waals surface area (Å²) in [6, 6.07) is 14.0. The minimum absolute atomic E-state index is 0.444. The quantitative estimate of drug-likeness (QED) is 0.528. The number of fused-ring (bicyclic) bond motifs is 2. The molecule has 1 aliphatic carbocycles. The number of hydrogen-bond donors (Lipinski definition) is 0. The van der Waals surface area contributed by atoms with Crippen LogP contribution in [0.15, 0.2) is 47.4 Å². The fourth-order valence-corrected chi connectivity index (χ4v) is 6.90. The van der Waals surface area contributed by atoms with Gasteiger partial charge in [0.2, 0.25) is 10.0 Å². The Morgan fingerprint density at radius 1 is 0.875 bits per heavy atom. The van der Waals surface area contributed by atoms with Gasteiger partial charge < -0.3 is 9.13 Å². The van der Waals surface area contributed by atoms with Crippen molar-refractivity contribution in [2.75, 3.05) is 26.2 Å². The van der Waals surface area contributed by atoms with E-state index >= 15 is 0 Å². The van der Waals surface area contributed by atoms with Crippen molar-refractivity contribution in [2.45, 2.75) is 50.7 Å². The Morgan fingerprint density at radius 3 is 2.22 bits per heavy atom. The van der Waals surface area contributed by atoms with Crippen molar-refractivity contribution in [1.29, 1.82) is 0 Å². The van der Waals surface area contributed by atoms with Crippen LogP contribution in [0.25, 0.3) is 11.0 Å². The van der Waals surface area contributed by atoms with Gasteiger partial charge in [0.05, 0.1) is 22.6 Å². The van der Waals surface area contributed by atoms with Crippen LogP contribution >= 0.6 is 12.2 Å². The van der Waals surface area contributed by atoms with Crippen LogP contribution in [-0.2, 0) is 36.1 Å². The van der Waals surface area contributed by atoms with Crippen LogP contribution in [-0.4, -0.2) is 52.9 Å². The zero-order valence-electron chi connectivity index (χ0n) is 18.5. The van der Waals surface area contributed by atoms with E-state index in [9.17, 15) is 8.42 Å². The Labute approximate surface area is 195 Å². The summed E-state index contributed by atoms with van der Waals surface area (Å²) in [6.45, 7) is 6.00. The third-order valence-corrected chi connectivity index (χ3v) is 9.21. The first-order chi connectivity index (χ1) is 15.5. The maximum Gasteiger partial charge on any atom is 0.243 e. The Bertz CT molecular complexity index is 1300. The van der Waals surface area contributed by atoms with Crippen LogP contribution < -0.4 is 0 Å². The summed E-state index contributed by atoms with van der Waals surface area (Å²) in [7, 11) is -3.46. The van der Waals surface area contributed by atoms with Gasteiger partial charge in [-0.05, 0) is 80.2 Å². The minimum atomic E-state index is -3.46. The van der Waals surface area contributed by atoms with E-state index < -0.39 is 10.0 Å². The number of sulfonamides is 1. The van der Waals surface area contributed by atoms with Gasteiger partial charge in [-0.15, -0.1) is 0 Å². The van der Waals surface area contributed by atoms with E-state index in [1.54, 1.807) is 10.4 Å². The predicted molar refractivity (Wildman–Crippen MR) is 130 cm³/mol. The lowest BCUT2D eigenvalue weighted by atomic mass is 9.92. The summed E-state index contributed by atoms with van der Waals surface area (Å²) < 4.78 is 33.4. The highest BCUT2D eigenvalue weighted by atomic mass is 32.2. The van der Waals surface area contributed by atoms with Crippen molar-refractivity contribution in [2.24, 2.45) is 0 Å². The molecule has 0 unspecified atom stereocenters. The SMILES string of the molecule is CCn1c(=S)n(CN2CCN(S(=O)(=O)c3ccc4c(c3)CCCC4)CC2)c2ccccc21. The molecule has 1 fully saturated rings. The lowest BCUT2D eigenvalue weighted by Crippen LogP contribution is -2.48. The maximum atomic E-state index is 13.3. The van der Waals surface area contributed by atoms with Gasteiger partial charge in [0.1, 0.15) is 0 Å². The number of rotatable bonds is 5. The van der Waals surface area contributed by atoms with E-state index in [2.05, 4.69) is 33.1 Å². The molecule has 0 radical (unpaired) electrons. The summed E-state index contributed by atoms with van der Waals surface area (Å²) in [5.41, 5.74) is 4.79. The summed E-state index contributed by atoms with van der Waals surface area (Å²) in [4.78, 5) is 2.74. The summed E-state index contributed by atoms with van der Waals surface area (Å²) in [6.07, 6.45) is 4.39. The molecule has 170 valence electrons. The summed E-state index contributed by atoms with van der Waals surface area (Å²) >= 11 is 5.75. The molecular formula is C24H30N4O2S2. The van der Waals surface area contributed by atoms with Crippen molar-refractivity contribution in [3.05, 3.63) is 58.4 Å². The van der Waals surface area contributed by atoms with Gasteiger partial charge in [0.15, 0.2) is 4.77 Å². The van der Waals surface area contributed by atoms with Crippen LogP contribution in [0.3, 0.4) is 0 Å². The fraction of sp³-hybridized carbons (Fsp3) is 0.458. The molecule has 32 heavy (non-hydrogen) atoms. The minimum Gasteiger partial charge on any atom is -0.317 e. The highest BCUT2D eigenvalue weighted by Gasteiger charge is 2.29. The molecule has 0 spiro atoms. The van der Waals surface area contributed by atoms with E-state index in [1.165, 1.54) is 17.5 Å². The Kier molecular flexibility index (Phi) is 5.96. The van der Waals surface area contributed by atoms with Crippen LogP contribution in [0.5, 0.6) is 0 Å². The second-order valence-electron chi connectivity index (χ2n) is 8.74. The normalized spacial score (nSPS) is 18.2. The average Bonchev–Trinajstić information content (AvgIpc) is 3.09. The molecular weight excluding hydrogens is 440 g/mol. The van der Waals surface area contributed by atoms with Crippen molar-refractivity contribution in [3.8, 4) is 0 Å². The largest absolute Gasteiger partial charge is 0.317 e. The fourth-order valence-electron chi connectivity index (χ4n) is 5.05. The van der Waals surface area contributed by atoms with Gasteiger partial charge in [0.25, 0.3) is 0 Å². The first-order valence-corrected chi connectivity index (χ1v) is 13.4. The predicted octanol–water partition coefficient (Wildman–Crippen LogP) is 4.03. The Hall–Kier alpha value is -2.00. The number of hydrogen-bond acceptors (Lipinski definition) is 4. The first-order valence-electron chi connectivity index (χ1n) is 11.5. The summed E-state index contributed by atoms with van der Waals surface area (Å²) in [5, 5.41) is 0. The average molecular weight is 471 g/mol. The van der Waals surface area contributed by atoms with Crippen molar-refractivity contribution in [3.63, 3.8) is 0 Å². The van der Waals surface area contributed by atoms with Crippen LogP contribution in [0.2, 0.25) is 0 Å². The Morgan fingerprint density at radius 2 is 1.53 bits per heavy atom. The van der Waals surface area contributed by atoms with Gasteiger partial charge in [-0.25, -0.2) is 8.42 Å². The standard InChI is InChI=1S/C24H30N4O2S2/c1-2-27-22-9-5-6-10-23(22)28(24(27)31)18-25-13-15-26(16-14-25)32(29,30)21-12-11-19-7-3-4-8-20(19)17-21/h5-6,9-12,17H,2-4,7-8,13-16,18H2,1H3. The van der Waals surface area contributed by atoms with Gasteiger partial charge in [0, 0.05) is 32.7 Å². The molecule has 2 heterocycles. The van der Waals surface area contributed by atoms with E-state index in [0.717, 1.165) is 41.6 Å². The van der Waals surface area contributed by atoms with E-state index in [0.29, 0.717) is 37.7 Å². The molecule has 0 N–H and O–H groups in total. The van der Waals surface area contributed by atoms with Gasteiger partial charge >= 0.3 is 0 Å². The molecule has 8 heteroatoms. The number of piperazine rings is 1. The molecule has 0 bridgehead atoms. The molecule has 1 aliphatic heterocycles. The molecule has 0 amide bonds. The van der Waals surface area contributed by atoms with E-state index in [-0.39, 0.29) is 0 Å². The molecule has 0 atom stereocenters. The van der Waals surface area contributed by atoms with E-state index in [4.69, 9.17) is 12.2 Å². The lowest BCUT2D eigenvalue weighted by Gasteiger charge is -2.34. The highest BCUT2D eigenvalue weighted by molar-refractivity contribution is 7.89. The monoisotopic (exact) mass is 470 g/mol. The molecule has 3 aromatic rings. The molecule has 0 saturated carbocycles. The number of benzene rings is 2. The number of aryl methyl sites for hydroxylation is 3. The van der Waals surface area contributed by atoms with Crippen molar-refractivity contribution in [1.82, 2.24) is 18.3 Å². The molecule has 2 aliphatic rings. The zero-order chi connectivity index (χ0) is 22.3. The summed E-state index contributed by atoms with van der Waals surface area (Å²) in [5.74, 6) is 0. The molecule has 1 saturated heterocycles. The molecule has 5 rings (SSSR count). The first kappa shape index (κ1) is 21.8. The third-order valence-electron chi connectivity index (χ3n) is 6.87. The number of para-hydroxylation sites is 2. The molecule has 6 nitrogen and oxygen atoms in total. The number of aromatic nitrogens is 2. The van der Waals surface area contributed by atoms with Crippen LogP contribution in [0, 0.1) is 4.77 Å². The second kappa shape index (κ2) is 8.74. The Balaban J connectivity index is 1.31. The van der Waals surface area contributed by atoms with Gasteiger partial charge in [-0.3, -0.25) is 4.90 Å². The number of imidazole rings is 1. The van der Waals surface area contributed by atoms with Crippen molar-refractivity contribution >= 4 is 33.3 Å². The second-order valence-corrected chi connectivity index (χ2v) is 11.0. The van der Waals surface area contributed by atoms with Gasteiger partial charge in [-0.2, -0.15) is 4.31 Å². The topological polar surface area (TPSA) is 50.5 Å². The molecule has 2 aromatic carbocycles. The number of nitrogens with zero attached hydrogens (tertiary/aromatic N) is 4. The van der Waals surface area contributed by atoms with Crippen molar-refractivity contribution < 1.29 is 8.42 Å². The highest BCUT2D eigenvalue weighted by Crippen LogP contribution is 2.26. The smallest absolute Gasteiger partial charge is 0.243 e. The third kappa shape index (κ3) is 3.83. The van der Waals surface area contributed by atoms with Crippen LogP contribution in [0.4, 0.5) is 0 Å². The lowest BCUT2D eigenvalue weighted by molar-refractivity contribution is 0.153. The van der Waals surface area contributed by atoms with Gasteiger partial charge in [-0.1, -0.05) is 18.2 Å². The van der Waals surface area contributed by atoms with Crippen LogP contribution in [0.1, 0.15) is 30.9 Å². The zero-order valence-corrected chi connectivity index (χ0v) is 20.2.